The minimum Gasteiger partial charge on any atom is -0.360 e. The van der Waals surface area contributed by atoms with Crippen LogP contribution in [0.3, 0.4) is 0 Å². The maximum absolute atomic E-state index is 13.0. The second kappa shape index (κ2) is 6.93. The van der Waals surface area contributed by atoms with Gasteiger partial charge >= 0.3 is 0 Å². The number of halogens is 1. The molecule has 130 valence electrons. The number of nitrogen functional groups attached to an aromatic ring is 1. The van der Waals surface area contributed by atoms with Gasteiger partial charge in [-0.15, -0.1) is 10.2 Å². The second-order valence-corrected chi connectivity index (χ2v) is 6.56. The first-order valence-electron chi connectivity index (χ1n) is 7.31. The highest BCUT2D eigenvalue weighted by atomic mass is 32.2. The summed E-state index contributed by atoms with van der Waals surface area (Å²) < 4.78 is 19.2. The lowest BCUT2D eigenvalue weighted by Gasteiger charge is -2.09. The van der Waals surface area contributed by atoms with E-state index >= 15 is 0 Å². The van der Waals surface area contributed by atoms with E-state index in [1.54, 1.807) is 32.0 Å². The highest BCUT2D eigenvalue weighted by molar-refractivity contribution is 8.00. The van der Waals surface area contributed by atoms with Crippen molar-refractivity contribution in [2.45, 2.75) is 24.3 Å². The van der Waals surface area contributed by atoms with Gasteiger partial charge in [0.2, 0.25) is 11.1 Å². The number of nitrogens with one attached hydrogen (secondary N) is 1. The van der Waals surface area contributed by atoms with Crippen LogP contribution in [0.5, 0.6) is 0 Å². The highest BCUT2D eigenvalue weighted by Gasteiger charge is 2.20. The Kier molecular flexibility index (Phi) is 4.70. The quantitative estimate of drug-likeness (QED) is 0.528. The molecule has 0 aliphatic rings. The molecule has 0 saturated carbocycles. The van der Waals surface area contributed by atoms with Crippen molar-refractivity contribution in [1.29, 1.82) is 0 Å². The van der Waals surface area contributed by atoms with E-state index in [0.717, 1.165) is 11.8 Å². The van der Waals surface area contributed by atoms with Gasteiger partial charge < -0.3 is 15.7 Å². The largest absolute Gasteiger partial charge is 0.360 e. The van der Waals surface area contributed by atoms with Crippen molar-refractivity contribution in [3.05, 3.63) is 41.9 Å². The summed E-state index contributed by atoms with van der Waals surface area (Å²) in [7, 11) is 0. The summed E-state index contributed by atoms with van der Waals surface area (Å²) in [5, 5.41) is 14.2. The fourth-order valence-corrected chi connectivity index (χ4v) is 2.79. The molecule has 0 unspecified atom stereocenters. The summed E-state index contributed by atoms with van der Waals surface area (Å²) in [5.41, 5.74) is 0.624. The fourth-order valence-electron chi connectivity index (χ4n) is 2.02. The highest BCUT2D eigenvalue weighted by Crippen LogP contribution is 2.25. The lowest BCUT2D eigenvalue weighted by atomic mass is 10.2. The summed E-state index contributed by atoms with van der Waals surface area (Å²) in [6.07, 6.45) is 0. The summed E-state index contributed by atoms with van der Waals surface area (Å²) >= 11 is 1.14. The lowest BCUT2D eigenvalue weighted by Crippen LogP contribution is -2.23. The molecule has 8 nitrogen and oxygen atoms in total. The minimum atomic E-state index is -0.496. The second-order valence-electron chi connectivity index (χ2n) is 5.26. The van der Waals surface area contributed by atoms with Crippen LogP contribution in [0.1, 0.15) is 12.7 Å². The number of aryl methyl sites for hydroxylation is 1. The zero-order chi connectivity index (χ0) is 18.0. The zero-order valence-electron chi connectivity index (χ0n) is 13.4. The normalized spacial score (nSPS) is 12.1. The van der Waals surface area contributed by atoms with Gasteiger partial charge in [0.1, 0.15) is 11.6 Å². The summed E-state index contributed by atoms with van der Waals surface area (Å²) in [6, 6.07) is 7.35. The number of anilines is 1. The third-order valence-corrected chi connectivity index (χ3v) is 4.35. The molecule has 2 heterocycles. The summed E-state index contributed by atoms with van der Waals surface area (Å²) in [6.45, 7) is 3.44. The molecule has 3 rings (SSSR count). The fraction of sp³-hybridized carbons (Fsp3) is 0.200. The van der Waals surface area contributed by atoms with E-state index in [1.807, 2.05) is 0 Å². The van der Waals surface area contributed by atoms with Gasteiger partial charge in [0.25, 0.3) is 0 Å². The summed E-state index contributed by atoms with van der Waals surface area (Å²) in [5.74, 6) is 6.69. The van der Waals surface area contributed by atoms with Crippen LogP contribution in [0.2, 0.25) is 0 Å². The Hall–Kier alpha value is -2.88. The summed E-state index contributed by atoms with van der Waals surface area (Å²) in [4.78, 5) is 12.2. The van der Waals surface area contributed by atoms with Crippen LogP contribution < -0.4 is 11.2 Å². The Bertz CT molecular complexity index is 892. The molecule has 3 aromatic rings. The maximum Gasteiger partial charge on any atom is 0.238 e. The molecule has 0 bridgehead atoms. The van der Waals surface area contributed by atoms with Crippen LogP contribution in [0.25, 0.3) is 11.4 Å². The van der Waals surface area contributed by atoms with E-state index in [0.29, 0.717) is 28.1 Å². The minimum absolute atomic E-state index is 0.273. The smallest absolute Gasteiger partial charge is 0.238 e. The van der Waals surface area contributed by atoms with Gasteiger partial charge in [0.15, 0.2) is 11.6 Å². The van der Waals surface area contributed by atoms with Gasteiger partial charge in [-0.05, 0) is 38.1 Å². The monoisotopic (exact) mass is 362 g/mol. The van der Waals surface area contributed by atoms with Gasteiger partial charge in [0, 0.05) is 11.6 Å². The van der Waals surface area contributed by atoms with Crippen LogP contribution in [-0.4, -0.2) is 31.2 Å². The van der Waals surface area contributed by atoms with E-state index in [-0.39, 0.29) is 11.7 Å². The zero-order valence-corrected chi connectivity index (χ0v) is 14.2. The van der Waals surface area contributed by atoms with Crippen molar-refractivity contribution >= 4 is 23.5 Å². The van der Waals surface area contributed by atoms with Crippen molar-refractivity contribution in [2.75, 3.05) is 11.2 Å². The average Bonchev–Trinajstić information content (AvgIpc) is 3.15. The number of rotatable bonds is 5. The number of nitrogens with zero attached hydrogens (tertiary/aromatic N) is 4. The SMILES string of the molecule is Cc1cc(NC(=O)[C@@H](C)Sc2nnc(-c3ccc(F)cc3)n2N)no1. The third kappa shape index (κ3) is 3.79. The molecule has 25 heavy (non-hydrogen) atoms. The molecule has 0 fully saturated rings. The van der Waals surface area contributed by atoms with Crippen LogP contribution >= 0.6 is 11.8 Å². The van der Waals surface area contributed by atoms with E-state index in [4.69, 9.17) is 10.4 Å². The molecular weight excluding hydrogens is 347 g/mol. The molecule has 1 aromatic carbocycles. The number of hydrogen-bond donors (Lipinski definition) is 2. The molecule has 3 N–H and O–H groups in total. The lowest BCUT2D eigenvalue weighted by molar-refractivity contribution is -0.115. The molecule has 1 atom stereocenters. The van der Waals surface area contributed by atoms with E-state index in [9.17, 15) is 9.18 Å². The molecule has 2 aromatic heterocycles. The molecule has 0 saturated heterocycles. The predicted molar refractivity (Wildman–Crippen MR) is 90.8 cm³/mol. The number of nitrogens with two attached hydrogens (primary N) is 1. The topological polar surface area (TPSA) is 112 Å². The number of amides is 1. The predicted octanol–water partition coefficient (Wildman–Crippen LogP) is 2.21. The van der Waals surface area contributed by atoms with E-state index < -0.39 is 5.25 Å². The first kappa shape index (κ1) is 17.0. The van der Waals surface area contributed by atoms with Gasteiger partial charge in [-0.25, -0.2) is 9.07 Å². The Morgan fingerprint density at radius 3 is 2.72 bits per heavy atom. The molecule has 0 radical (unpaired) electrons. The molecular formula is C15H15FN6O2S. The van der Waals surface area contributed by atoms with Crippen molar-refractivity contribution in [2.24, 2.45) is 0 Å². The average molecular weight is 362 g/mol. The van der Waals surface area contributed by atoms with Crippen molar-refractivity contribution in [1.82, 2.24) is 20.0 Å². The Morgan fingerprint density at radius 2 is 2.08 bits per heavy atom. The molecule has 0 aliphatic heterocycles. The van der Waals surface area contributed by atoms with Crippen LogP contribution in [-0.2, 0) is 4.79 Å². The van der Waals surface area contributed by atoms with E-state index in [2.05, 4.69) is 20.7 Å². The van der Waals surface area contributed by atoms with Gasteiger partial charge in [0.05, 0.1) is 5.25 Å². The molecule has 10 heteroatoms. The first-order chi connectivity index (χ1) is 11.9. The van der Waals surface area contributed by atoms with Crippen molar-refractivity contribution < 1.29 is 13.7 Å². The Balaban J connectivity index is 1.70. The van der Waals surface area contributed by atoms with E-state index in [1.165, 1.54) is 16.8 Å². The third-order valence-electron chi connectivity index (χ3n) is 3.30. The molecule has 0 aliphatic carbocycles. The van der Waals surface area contributed by atoms with Gasteiger partial charge in [-0.1, -0.05) is 16.9 Å². The van der Waals surface area contributed by atoms with Crippen LogP contribution in [0, 0.1) is 12.7 Å². The molecule has 1 amide bonds. The number of carbonyl (C=O) groups excluding carboxylic acids is 1. The number of thioether (sulfide) groups is 1. The number of hydrogen-bond acceptors (Lipinski definition) is 7. The number of carbonyl (C=O) groups is 1. The molecule has 0 spiro atoms. The first-order valence-corrected chi connectivity index (χ1v) is 8.19. The number of benzene rings is 1. The Labute approximate surface area is 146 Å². The number of aromatic nitrogens is 4. The standard InChI is InChI=1S/C15H15FN6O2S/c1-8-7-12(21-24-8)18-14(23)9(2)25-15-20-19-13(22(15)17)10-3-5-11(16)6-4-10/h3-7,9H,17H2,1-2H3,(H,18,21,23)/t9-/m1/s1. The van der Waals surface area contributed by atoms with Crippen LogP contribution in [0.4, 0.5) is 10.2 Å². The Morgan fingerprint density at radius 1 is 1.36 bits per heavy atom. The van der Waals surface area contributed by atoms with Gasteiger partial charge in [-0.3, -0.25) is 4.79 Å². The van der Waals surface area contributed by atoms with Gasteiger partial charge in [-0.2, -0.15) is 0 Å². The van der Waals surface area contributed by atoms with Crippen molar-refractivity contribution in [3.8, 4) is 11.4 Å². The van der Waals surface area contributed by atoms with Crippen LogP contribution in [0.15, 0.2) is 40.0 Å². The maximum atomic E-state index is 13.0. The van der Waals surface area contributed by atoms with Crippen molar-refractivity contribution in [3.63, 3.8) is 0 Å².